The van der Waals surface area contributed by atoms with E-state index in [1.165, 1.54) is 64.2 Å². The van der Waals surface area contributed by atoms with Gasteiger partial charge in [-0.25, -0.2) is 0 Å². The Bertz CT molecular complexity index is 439. The molecule has 0 aliphatic heterocycles. The minimum Gasteiger partial charge on any atom is -0.394 e. The predicted octanol–water partition coefficient (Wildman–Crippen LogP) is 3.24. The van der Waals surface area contributed by atoms with Gasteiger partial charge in [-0.3, -0.25) is 4.68 Å². The van der Waals surface area contributed by atoms with Crippen LogP contribution < -0.4 is 5.73 Å². The van der Waals surface area contributed by atoms with Crippen LogP contribution in [0.15, 0.2) is 6.20 Å². The molecule has 4 N–H and O–H groups in total. The van der Waals surface area contributed by atoms with Crippen LogP contribution in [0.1, 0.15) is 83.2 Å². The standard InChI is InChI=1S/C19H38N4O2.ClH/c1-2-3-4-5-6-7-8-9-10-11-12-13-23-15-18(21-22-23)14-19(20,16-24)17-25;/h15,24-25H,2-14,16-17,20H2,1H3;1H. The molecule has 1 rings (SSSR count). The van der Waals surface area contributed by atoms with E-state index in [1.807, 2.05) is 10.9 Å². The second kappa shape index (κ2) is 15.4. The van der Waals surface area contributed by atoms with Gasteiger partial charge in [0.15, 0.2) is 0 Å². The van der Waals surface area contributed by atoms with Crippen molar-refractivity contribution in [3.05, 3.63) is 11.9 Å². The minimum absolute atomic E-state index is 0. The lowest BCUT2D eigenvalue weighted by atomic mass is 9.97. The van der Waals surface area contributed by atoms with Gasteiger partial charge in [0.25, 0.3) is 0 Å². The van der Waals surface area contributed by atoms with E-state index in [1.54, 1.807) is 0 Å². The summed E-state index contributed by atoms with van der Waals surface area (Å²) >= 11 is 0. The normalized spacial score (nSPS) is 11.5. The van der Waals surface area contributed by atoms with Crippen LogP contribution in [0.3, 0.4) is 0 Å². The Kier molecular flexibility index (Phi) is 15.0. The van der Waals surface area contributed by atoms with Crippen molar-refractivity contribution in [2.24, 2.45) is 5.73 Å². The van der Waals surface area contributed by atoms with E-state index < -0.39 is 5.54 Å². The van der Waals surface area contributed by atoms with Crippen LogP contribution in [0, 0.1) is 0 Å². The molecule has 1 aromatic rings. The highest BCUT2D eigenvalue weighted by molar-refractivity contribution is 5.85. The summed E-state index contributed by atoms with van der Waals surface area (Å²) in [6.45, 7) is 2.58. The molecule has 0 bridgehead atoms. The largest absolute Gasteiger partial charge is 0.394 e. The molecule has 6 nitrogen and oxygen atoms in total. The molecular formula is C19H39ClN4O2. The summed E-state index contributed by atoms with van der Waals surface area (Å²) in [4.78, 5) is 0. The molecule has 26 heavy (non-hydrogen) atoms. The molecular weight excluding hydrogens is 352 g/mol. The van der Waals surface area contributed by atoms with Crippen molar-refractivity contribution in [3.63, 3.8) is 0 Å². The molecule has 0 aromatic carbocycles. The van der Waals surface area contributed by atoms with E-state index >= 15 is 0 Å². The average Bonchev–Trinajstić information content (AvgIpc) is 3.06. The molecule has 7 heteroatoms. The Hall–Kier alpha value is -0.690. The van der Waals surface area contributed by atoms with Gasteiger partial charge in [0.2, 0.25) is 0 Å². The molecule has 0 saturated carbocycles. The number of halogens is 1. The second-order valence-electron chi connectivity index (χ2n) is 7.36. The summed E-state index contributed by atoms with van der Waals surface area (Å²) < 4.78 is 1.83. The van der Waals surface area contributed by atoms with Crippen molar-refractivity contribution in [1.29, 1.82) is 0 Å². The smallest absolute Gasteiger partial charge is 0.0847 e. The summed E-state index contributed by atoms with van der Waals surface area (Å²) in [5, 5.41) is 26.6. The Labute approximate surface area is 165 Å². The molecule has 0 fully saturated rings. The maximum absolute atomic E-state index is 9.23. The van der Waals surface area contributed by atoms with Gasteiger partial charge in [-0.15, -0.1) is 17.5 Å². The number of hydrogen-bond donors (Lipinski definition) is 3. The fourth-order valence-corrected chi connectivity index (χ4v) is 2.99. The Morgan fingerprint density at radius 3 is 1.92 bits per heavy atom. The summed E-state index contributed by atoms with van der Waals surface area (Å²) in [6, 6.07) is 0. The van der Waals surface area contributed by atoms with Crippen molar-refractivity contribution in [1.82, 2.24) is 15.0 Å². The van der Waals surface area contributed by atoms with Crippen molar-refractivity contribution in [2.75, 3.05) is 13.2 Å². The number of aromatic nitrogens is 3. The topological polar surface area (TPSA) is 97.2 Å². The van der Waals surface area contributed by atoms with Crippen LogP contribution in [0.25, 0.3) is 0 Å². The van der Waals surface area contributed by atoms with Crippen LogP contribution in [-0.4, -0.2) is 44.0 Å². The Morgan fingerprint density at radius 2 is 1.42 bits per heavy atom. The predicted molar refractivity (Wildman–Crippen MR) is 109 cm³/mol. The van der Waals surface area contributed by atoms with Gasteiger partial charge in [0.1, 0.15) is 0 Å². The average molecular weight is 391 g/mol. The quantitative estimate of drug-likeness (QED) is 0.376. The molecule has 154 valence electrons. The van der Waals surface area contributed by atoms with Crippen LogP contribution in [0.4, 0.5) is 0 Å². The lowest BCUT2D eigenvalue weighted by Gasteiger charge is -2.22. The number of nitrogens with two attached hydrogens (primary N) is 1. The number of unbranched alkanes of at least 4 members (excludes halogenated alkanes) is 10. The lowest BCUT2D eigenvalue weighted by molar-refractivity contribution is 0.120. The van der Waals surface area contributed by atoms with Crippen molar-refractivity contribution in [2.45, 2.75) is 96.1 Å². The highest BCUT2D eigenvalue weighted by atomic mass is 35.5. The van der Waals surface area contributed by atoms with E-state index in [0.717, 1.165) is 13.0 Å². The Balaban J connectivity index is 0.00000625. The van der Waals surface area contributed by atoms with Crippen LogP contribution >= 0.6 is 12.4 Å². The van der Waals surface area contributed by atoms with E-state index in [-0.39, 0.29) is 25.6 Å². The SMILES string of the molecule is CCCCCCCCCCCCCn1cc(CC(N)(CO)CO)nn1.Cl. The van der Waals surface area contributed by atoms with Gasteiger partial charge < -0.3 is 15.9 Å². The Morgan fingerprint density at radius 1 is 0.923 bits per heavy atom. The molecule has 0 atom stereocenters. The second-order valence-corrected chi connectivity index (χ2v) is 7.36. The van der Waals surface area contributed by atoms with E-state index in [0.29, 0.717) is 12.1 Å². The first-order chi connectivity index (χ1) is 12.1. The minimum atomic E-state index is -1.02. The van der Waals surface area contributed by atoms with Crippen LogP contribution in [0.5, 0.6) is 0 Å². The maximum atomic E-state index is 9.23. The highest BCUT2D eigenvalue weighted by Crippen LogP contribution is 2.12. The van der Waals surface area contributed by atoms with Crippen LogP contribution in [-0.2, 0) is 13.0 Å². The van der Waals surface area contributed by atoms with Gasteiger partial charge in [-0.1, -0.05) is 76.3 Å². The third kappa shape index (κ3) is 11.1. The summed E-state index contributed by atoms with van der Waals surface area (Å²) in [7, 11) is 0. The number of aryl methyl sites for hydroxylation is 1. The summed E-state index contributed by atoms with van der Waals surface area (Å²) in [6.07, 6.45) is 16.8. The van der Waals surface area contributed by atoms with E-state index in [9.17, 15) is 10.2 Å². The summed E-state index contributed by atoms with van der Waals surface area (Å²) in [5.41, 5.74) is 5.57. The van der Waals surface area contributed by atoms with Gasteiger partial charge in [-0.05, 0) is 6.42 Å². The first kappa shape index (κ1) is 25.3. The number of aliphatic hydroxyl groups excluding tert-OH is 2. The first-order valence-electron chi connectivity index (χ1n) is 10.0. The van der Waals surface area contributed by atoms with Gasteiger partial charge >= 0.3 is 0 Å². The molecule has 0 radical (unpaired) electrons. The molecule has 1 aromatic heterocycles. The van der Waals surface area contributed by atoms with Crippen molar-refractivity contribution >= 4 is 12.4 Å². The zero-order valence-corrected chi connectivity index (χ0v) is 17.2. The molecule has 0 spiro atoms. The zero-order valence-electron chi connectivity index (χ0n) is 16.4. The summed E-state index contributed by atoms with van der Waals surface area (Å²) in [5.74, 6) is 0. The first-order valence-corrected chi connectivity index (χ1v) is 10.0. The molecule has 0 aliphatic rings. The lowest BCUT2D eigenvalue weighted by Crippen LogP contribution is -2.49. The highest BCUT2D eigenvalue weighted by Gasteiger charge is 2.25. The van der Waals surface area contributed by atoms with Crippen molar-refractivity contribution < 1.29 is 10.2 Å². The third-order valence-electron chi connectivity index (χ3n) is 4.74. The zero-order chi connectivity index (χ0) is 18.4. The van der Waals surface area contributed by atoms with E-state index in [2.05, 4.69) is 17.2 Å². The molecule has 0 saturated heterocycles. The number of hydrogen-bond acceptors (Lipinski definition) is 5. The van der Waals surface area contributed by atoms with Gasteiger partial charge in [0, 0.05) is 19.2 Å². The fraction of sp³-hybridized carbons (Fsp3) is 0.895. The van der Waals surface area contributed by atoms with Gasteiger partial charge in [0.05, 0.1) is 24.4 Å². The maximum Gasteiger partial charge on any atom is 0.0847 e. The van der Waals surface area contributed by atoms with E-state index in [4.69, 9.17) is 5.73 Å². The van der Waals surface area contributed by atoms with Crippen molar-refractivity contribution in [3.8, 4) is 0 Å². The number of aliphatic hydroxyl groups is 2. The fourth-order valence-electron chi connectivity index (χ4n) is 2.99. The molecule has 1 heterocycles. The van der Waals surface area contributed by atoms with Crippen LogP contribution in [0.2, 0.25) is 0 Å². The molecule has 0 amide bonds. The monoisotopic (exact) mass is 390 g/mol. The molecule has 0 aliphatic carbocycles. The number of nitrogens with zero attached hydrogens (tertiary/aromatic N) is 3. The molecule has 0 unspecified atom stereocenters. The van der Waals surface area contributed by atoms with Gasteiger partial charge in [-0.2, -0.15) is 0 Å². The third-order valence-corrected chi connectivity index (χ3v) is 4.74. The number of rotatable bonds is 16.